The maximum atomic E-state index is 12.2. The molecular weight excluding hydrogens is 711 g/mol. The molecule has 1 aromatic heterocycles. The Balaban J connectivity index is 0.844. The largest absolute Gasteiger partial charge is 0.494 e. The van der Waals surface area contributed by atoms with Crippen molar-refractivity contribution < 1.29 is 37.8 Å². The molecule has 0 aliphatic carbocycles. The van der Waals surface area contributed by atoms with Gasteiger partial charge >= 0.3 is 13.1 Å². The molecule has 3 aliphatic heterocycles. The van der Waals surface area contributed by atoms with Crippen molar-refractivity contribution in [2.45, 2.75) is 81.9 Å². The summed E-state index contributed by atoms with van der Waals surface area (Å²) in [6.07, 6.45) is 4.85. The molecule has 4 heterocycles. The number of fused-ring (bicyclic) bond motifs is 2. The number of unbranched alkanes of at least 4 members (excludes halogenated alkanes) is 1. The van der Waals surface area contributed by atoms with Gasteiger partial charge < -0.3 is 49.9 Å². The molecule has 6 rings (SSSR count). The zero-order valence-electron chi connectivity index (χ0n) is 31.7. The molecule has 16 heteroatoms. The van der Waals surface area contributed by atoms with Gasteiger partial charge in [-0.1, -0.05) is 24.6 Å². The number of aromatic nitrogens is 2. The summed E-state index contributed by atoms with van der Waals surface area (Å²) in [6.45, 7) is 11.5. The fraction of sp³-hybridized carbons (Fsp3) is 0.579. The summed E-state index contributed by atoms with van der Waals surface area (Å²) in [6, 6.07) is 12.2. The topological polar surface area (TPSA) is 177 Å². The first-order valence-corrected chi connectivity index (χ1v) is 19.9. The van der Waals surface area contributed by atoms with Crippen LogP contribution >= 0.6 is 11.8 Å². The van der Waals surface area contributed by atoms with E-state index in [2.05, 4.69) is 26.1 Å². The lowest BCUT2D eigenvalue weighted by Crippen LogP contribution is -2.41. The second-order valence-electron chi connectivity index (χ2n) is 14.8. The van der Waals surface area contributed by atoms with E-state index in [1.807, 2.05) is 75.9 Å². The van der Waals surface area contributed by atoms with Gasteiger partial charge in [-0.05, 0) is 69.8 Å². The molecule has 0 bridgehead atoms. The van der Waals surface area contributed by atoms with Gasteiger partial charge in [0, 0.05) is 34.9 Å². The van der Waals surface area contributed by atoms with Crippen LogP contribution < -0.4 is 31.9 Å². The average Bonchev–Trinajstić information content (AvgIpc) is 3.77. The quantitative estimate of drug-likeness (QED) is 0.0750. The molecule has 14 nitrogen and oxygen atoms in total. The van der Waals surface area contributed by atoms with Gasteiger partial charge in [-0.15, -0.1) is 0 Å². The Morgan fingerprint density at radius 3 is 2.44 bits per heavy atom. The number of hydrogen-bond donors (Lipinski definition) is 4. The van der Waals surface area contributed by atoms with Crippen molar-refractivity contribution in [1.82, 2.24) is 26.1 Å². The van der Waals surface area contributed by atoms with E-state index in [0.29, 0.717) is 81.4 Å². The third-order valence-electron chi connectivity index (χ3n) is 10.4. The maximum Gasteiger partial charge on any atom is 0.494 e. The van der Waals surface area contributed by atoms with Crippen LogP contribution in [0, 0.1) is 0 Å². The van der Waals surface area contributed by atoms with Gasteiger partial charge in [0.05, 0.1) is 80.3 Å². The summed E-state index contributed by atoms with van der Waals surface area (Å²) >= 11 is 1.90. The van der Waals surface area contributed by atoms with E-state index >= 15 is 0 Å². The molecule has 0 unspecified atom stereocenters. The van der Waals surface area contributed by atoms with Gasteiger partial charge in [-0.2, -0.15) is 22.0 Å². The molecule has 0 spiro atoms. The lowest BCUT2D eigenvalue weighted by Gasteiger charge is -2.32. The van der Waals surface area contributed by atoms with Crippen molar-refractivity contribution in [2.75, 3.05) is 64.3 Å². The highest BCUT2D eigenvalue weighted by molar-refractivity contribution is 8.00. The molecule has 292 valence electrons. The van der Waals surface area contributed by atoms with Gasteiger partial charge in [0.25, 0.3) is 0 Å². The molecule has 3 amide bonds. The number of carbonyl (C=O) groups is 2. The Labute approximate surface area is 321 Å². The van der Waals surface area contributed by atoms with Crippen molar-refractivity contribution in [3.8, 4) is 16.9 Å². The van der Waals surface area contributed by atoms with Gasteiger partial charge in [0.1, 0.15) is 12.4 Å². The van der Waals surface area contributed by atoms with Crippen LogP contribution in [0.4, 0.5) is 10.5 Å². The van der Waals surface area contributed by atoms with E-state index < -0.39 is 18.3 Å². The lowest BCUT2D eigenvalue weighted by atomic mass is 9.77. The number of benzene rings is 2. The SMILES string of the molecule is CC1(C)OB(c2ccc(OCCOCCOCCOCCNC(=O)CCCC[C@@H]3SC[C@@H]4NC(=O)N[C@@H]43)c(-c3ccc4c(N)cnnc4c3)c2)OC1(C)C. The monoisotopic (exact) mass is 764 g/mol. The van der Waals surface area contributed by atoms with Crippen LogP contribution in [0.1, 0.15) is 53.4 Å². The summed E-state index contributed by atoms with van der Waals surface area (Å²) < 4.78 is 35.8. The van der Waals surface area contributed by atoms with E-state index in [0.717, 1.165) is 47.0 Å². The molecule has 0 radical (unpaired) electrons. The number of rotatable bonds is 20. The predicted octanol–water partition coefficient (Wildman–Crippen LogP) is 3.45. The highest BCUT2D eigenvalue weighted by atomic mass is 32.2. The molecule has 54 heavy (non-hydrogen) atoms. The minimum absolute atomic E-state index is 0.0349. The van der Waals surface area contributed by atoms with Gasteiger partial charge in [-0.25, -0.2) is 4.79 Å². The van der Waals surface area contributed by atoms with Crippen LogP contribution in [-0.2, 0) is 28.3 Å². The number of nitrogens with zero attached hydrogens (tertiary/aromatic N) is 2. The first-order chi connectivity index (χ1) is 26.0. The Morgan fingerprint density at radius 2 is 1.69 bits per heavy atom. The summed E-state index contributed by atoms with van der Waals surface area (Å²) in [4.78, 5) is 23.7. The fourth-order valence-electron chi connectivity index (χ4n) is 6.65. The molecule has 3 aliphatic rings. The first-order valence-electron chi connectivity index (χ1n) is 18.8. The second-order valence-corrected chi connectivity index (χ2v) is 16.1. The molecule has 0 saturated carbocycles. The van der Waals surface area contributed by atoms with E-state index in [1.54, 1.807) is 6.20 Å². The van der Waals surface area contributed by atoms with Crippen molar-refractivity contribution in [1.29, 1.82) is 0 Å². The molecule has 3 fully saturated rings. The van der Waals surface area contributed by atoms with E-state index in [1.165, 1.54) is 0 Å². The smallest absolute Gasteiger partial charge is 0.491 e. The Kier molecular flexibility index (Phi) is 13.6. The van der Waals surface area contributed by atoms with E-state index in [9.17, 15) is 9.59 Å². The van der Waals surface area contributed by atoms with Crippen LogP contribution in [-0.4, -0.2) is 116 Å². The summed E-state index contributed by atoms with van der Waals surface area (Å²) in [7, 11) is -0.521. The fourth-order valence-corrected chi connectivity index (χ4v) is 8.19. The van der Waals surface area contributed by atoms with Crippen LogP contribution in [0.15, 0.2) is 42.6 Å². The maximum absolute atomic E-state index is 12.2. The number of nitrogens with one attached hydrogen (secondary N) is 3. The average molecular weight is 765 g/mol. The normalized spacial score (nSPS) is 21.2. The van der Waals surface area contributed by atoms with Crippen molar-refractivity contribution >= 4 is 52.9 Å². The zero-order chi connectivity index (χ0) is 38.1. The lowest BCUT2D eigenvalue weighted by molar-refractivity contribution is -0.121. The third-order valence-corrected chi connectivity index (χ3v) is 11.9. The van der Waals surface area contributed by atoms with E-state index in [4.69, 9.17) is 34.0 Å². The van der Waals surface area contributed by atoms with E-state index in [-0.39, 0.29) is 24.0 Å². The number of amides is 3. The number of carbonyl (C=O) groups excluding carboxylic acids is 2. The number of nitrogens with two attached hydrogens (primary N) is 1. The van der Waals surface area contributed by atoms with Crippen LogP contribution in [0.5, 0.6) is 5.75 Å². The summed E-state index contributed by atoms with van der Waals surface area (Å²) in [5, 5.41) is 18.4. The standard InChI is InChI=1S/C38H53BN6O8S/c1-37(2)38(3,4)53-39(52-37)26-10-12-32(28(22-26)25-9-11-27-29(40)23-42-45-30(27)21-25)51-20-19-50-18-17-49-16-15-48-14-13-41-34(46)8-6-5-7-33-35-31(24-54-33)43-36(47)44-35/h9-12,21-23,31,33,35H,5-8,13-20,24H2,1-4H3,(H2,40,45)(H,41,46)(H2,43,44,47)/t31-,33-,35-/m0/s1. The molecule has 3 aromatic rings. The number of thioether (sulfide) groups is 1. The van der Waals surface area contributed by atoms with Crippen LogP contribution in [0.2, 0.25) is 0 Å². The highest BCUT2D eigenvalue weighted by Crippen LogP contribution is 2.38. The highest BCUT2D eigenvalue weighted by Gasteiger charge is 2.51. The molecule has 2 aromatic carbocycles. The molecule has 3 atom stereocenters. The second kappa shape index (κ2) is 18.3. The minimum Gasteiger partial charge on any atom is -0.491 e. The van der Waals surface area contributed by atoms with Crippen molar-refractivity contribution in [3.05, 3.63) is 42.6 Å². The Morgan fingerprint density at radius 1 is 0.963 bits per heavy atom. The number of nitrogen functional groups attached to an aromatic ring is 1. The zero-order valence-corrected chi connectivity index (χ0v) is 32.5. The van der Waals surface area contributed by atoms with Gasteiger partial charge in [-0.3, -0.25) is 4.79 Å². The number of anilines is 1. The first kappa shape index (κ1) is 40.0. The Bertz CT molecular complexity index is 1740. The van der Waals surface area contributed by atoms with Crippen LogP contribution in [0.25, 0.3) is 22.0 Å². The van der Waals surface area contributed by atoms with Gasteiger partial charge in [0.2, 0.25) is 5.91 Å². The number of hydrogen-bond acceptors (Lipinski definition) is 12. The number of urea groups is 1. The minimum atomic E-state index is -0.521. The third kappa shape index (κ3) is 10.1. The molecule has 3 saturated heterocycles. The molecular formula is C38H53BN6O8S. The van der Waals surface area contributed by atoms with Crippen molar-refractivity contribution in [2.24, 2.45) is 0 Å². The van der Waals surface area contributed by atoms with Crippen LogP contribution in [0.3, 0.4) is 0 Å². The number of ether oxygens (including phenoxy) is 4. The Hall–Kier alpha value is -3.67. The summed E-state index contributed by atoms with van der Waals surface area (Å²) in [5.41, 5.74) is 9.11. The summed E-state index contributed by atoms with van der Waals surface area (Å²) in [5.74, 6) is 1.68. The van der Waals surface area contributed by atoms with Crippen molar-refractivity contribution in [3.63, 3.8) is 0 Å². The predicted molar refractivity (Wildman–Crippen MR) is 210 cm³/mol. The molecule has 5 N–H and O–H groups in total. The van der Waals surface area contributed by atoms with Gasteiger partial charge in [0.15, 0.2) is 0 Å².